The zero-order valence-corrected chi connectivity index (χ0v) is 15.4. The molecule has 2 aromatic rings. The van der Waals surface area contributed by atoms with Crippen molar-refractivity contribution in [2.45, 2.75) is 19.7 Å². The van der Waals surface area contributed by atoms with Gasteiger partial charge >= 0.3 is 12.1 Å². The predicted octanol–water partition coefficient (Wildman–Crippen LogP) is 3.79. The zero-order valence-electron chi connectivity index (χ0n) is 15.4. The monoisotopic (exact) mass is 410 g/mol. The average molecular weight is 410 g/mol. The van der Waals surface area contributed by atoms with E-state index in [0.717, 1.165) is 12.1 Å². The van der Waals surface area contributed by atoms with Gasteiger partial charge in [-0.3, -0.25) is 0 Å². The highest BCUT2D eigenvalue weighted by atomic mass is 19.4. The molecule has 10 heteroatoms. The van der Waals surface area contributed by atoms with E-state index in [1.54, 1.807) is 18.2 Å². The van der Waals surface area contributed by atoms with E-state index in [-0.39, 0.29) is 29.2 Å². The lowest BCUT2D eigenvalue weighted by Crippen LogP contribution is -2.17. The van der Waals surface area contributed by atoms with Crippen LogP contribution in [-0.4, -0.2) is 34.7 Å². The maximum Gasteiger partial charge on any atom is 0.419 e. The number of hydrogen-bond donors (Lipinski definition) is 2. The number of benzene rings is 2. The molecular weight excluding hydrogens is 393 g/mol. The van der Waals surface area contributed by atoms with Gasteiger partial charge in [-0.05, 0) is 30.7 Å². The molecule has 0 atom stereocenters. The number of nitrogens with zero attached hydrogens (tertiary/aromatic N) is 2. The van der Waals surface area contributed by atoms with Crippen molar-refractivity contribution in [3.05, 3.63) is 64.7 Å². The van der Waals surface area contributed by atoms with Gasteiger partial charge in [-0.2, -0.15) is 13.2 Å². The zero-order chi connectivity index (χ0) is 21.6. The van der Waals surface area contributed by atoms with Crippen LogP contribution in [0.1, 0.15) is 29.2 Å². The van der Waals surface area contributed by atoms with Crippen molar-refractivity contribution in [3.8, 4) is 5.75 Å². The molecule has 7 nitrogen and oxygen atoms in total. The molecule has 0 aliphatic rings. The van der Waals surface area contributed by atoms with E-state index in [0.29, 0.717) is 5.56 Å². The average Bonchev–Trinajstić information content (AvgIpc) is 2.65. The molecule has 0 saturated carbocycles. The number of halogens is 3. The van der Waals surface area contributed by atoms with Crippen LogP contribution in [0.3, 0.4) is 0 Å². The van der Waals surface area contributed by atoms with Gasteiger partial charge < -0.3 is 19.9 Å². The van der Waals surface area contributed by atoms with Crippen LogP contribution in [0.2, 0.25) is 0 Å². The molecule has 0 aliphatic carbocycles. The van der Waals surface area contributed by atoms with Crippen molar-refractivity contribution >= 4 is 17.4 Å². The summed E-state index contributed by atoms with van der Waals surface area (Å²) in [5.41, 5.74) is -0.590. The Labute approximate surface area is 163 Å². The minimum absolute atomic E-state index is 0.107. The Balaban J connectivity index is 2.23. The van der Waals surface area contributed by atoms with E-state index in [1.807, 2.05) is 0 Å². The molecule has 29 heavy (non-hydrogen) atoms. The molecule has 0 saturated heterocycles. The minimum Gasteiger partial charge on any atom is -0.507 e. The lowest BCUT2D eigenvalue weighted by atomic mass is 10.0. The van der Waals surface area contributed by atoms with E-state index in [4.69, 9.17) is 4.84 Å². The lowest BCUT2D eigenvalue weighted by Gasteiger charge is -2.11. The summed E-state index contributed by atoms with van der Waals surface area (Å²) in [6.45, 7) is 1.28. The predicted molar refractivity (Wildman–Crippen MR) is 97.7 cm³/mol. The summed E-state index contributed by atoms with van der Waals surface area (Å²) in [7, 11) is 1.21. The summed E-state index contributed by atoms with van der Waals surface area (Å²) < 4.78 is 38.7. The Morgan fingerprint density at radius 1 is 1.14 bits per heavy atom. The summed E-state index contributed by atoms with van der Waals surface area (Å²) in [6, 6.07) is 9.32. The maximum atomic E-state index is 12.9. The van der Waals surface area contributed by atoms with Crippen molar-refractivity contribution < 1.29 is 37.9 Å². The number of alkyl halides is 3. The van der Waals surface area contributed by atoms with Gasteiger partial charge in [0.1, 0.15) is 19.5 Å². The molecule has 0 spiro atoms. The van der Waals surface area contributed by atoms with Crippen LogP contribution in [0.4, 0.5) is 13.2 Å². The standard InChI is InChI=1S/C19H17F3N2O5/c1-11(12-7-8-16(25)15(9-12)19(20,21)22)23-29-10-13-5-3-4-6-14(13)17(18(26)27)24-28-2/h3-9,25H,10H2,1-2H3,(H,26,27)/b23-11-,24-17+. The van der Waals surface area contributed by atoms with Gasteiger partial charge in [-0.1, -0.05) is 34.6 Å². The highest BCUT2D eigenvalue weighted by Crippen LogP contribution is 2.36. The Hall–Kier alpha value is -3.56. The number of phenols is 1. The summed E-state index contributed by atoms with van der Waals surface area (Å²) in [4.78, 5) is 21.1. The Kier molecular flexibility index (Phi) is 6.81. The third-order valence-electron chi connectivity index (χ3n) is 3.80. The largest absolute Gasteiger partial charge is 0.507 e. The Morgan fingerprint density at radius 2 is 1.83 bits per heavy atom. The highest BCUT2D eigenvalue weighted by Gasteiger charge is 2.34. The smallest absolute Gasteiger partial charge is 0.419 e. The maximum absolute atomic E-state index is 12.9. The second kappa shape index (κ2) is 9.09. The number of oxime groups is 2. The fourth-order valence-electron chi connectivity index (χ4n) is 2.41. The summed E-state index contributed by atoms with van der Waals surface area (Å²) in [5, 5.41) is 25.9. The van der Waals surface area contributed by atoms with E-state index in [9.17, 15) is 28.2 Å². The quantitative estimate of drug-likeness (QED) is 0.534. The molecule has 0 unspecified atom stereocenters. The van der Waals surface area contributed by atoms with E-state index in [2.05, 4.69) is 15.1 Å². The lowest BCUT2D eigenvalue weighted by molar-refractivity contribution is -0.138. The Morgan fingerprint density at radius 3 is 2.45 bits per heavy atom. The normalized spacial score (nSPS) is 12.6. The van der Waals surface area contributed by atoms with Crippen molar-refractivity contribution in [1.82, 2.24) is 0 Å². The first-order valence-electron chi connectivity index (χ1n) is 8.15. The van der Waals surface area contributed by atoms with Crippen LogP contribution in [0.5, 0.6) is 5.75 Å². The number of hydrogen-bond acceptors (Lipinski definition) is 6. The van der Waals surface area contributed by atoms with E-state index >= 15 is 0 Å². The highest BCUT2D eigenvalue weighted by molar-refractivity contribution is 6.42. The van der Waals surface area contributed by atoms with Crippen LogP contribution in [0.25, 0.3) is 0 Å². The van der Waals surface area contributed by atoms with Crippen LogP contribution >= 0.6 is 0 Å². The number of rotatable bonds is 7. The first kappa shape index (κ1) is 21.7. The van der Waals surface area contributed by atoms with Gasteiger partial charge in [-0.15, -0.1) is 0 Å². The topological polar surface area (TPSA) is 101 Å². The van der Waals surface area contributed by atoms with Crippen molar-refractivity contribution in [3.63, 3.8) is 0 Å². The molecule has 0 bridgehead atoms. The van der Waals surface area contributed by atoms with E-state index in [1.165, 1.54) is 26.2 Å². The second-order valence-electron chi connectivity index (χ2n) is 5.76. The summed E-state index contributed by atoms with van der Waals surface area (Å²) in [5.74, 6) is -2.19. The van der Waals surface area contributed by atoms with Crippen molar-refractivity contribution in [1.29, 1.82) is 0 Å². The molecule has 0 aromatic heterocycles. The van der Waals surface area contributed by atoms with Gasteiger partial charge in [0.05, 0.1) is 11.3 Å². The fourth-order valence-corrected chi connectivity index (χ4v) is 2.41. The molecule has 2 N–H and O–H groups in total. The first-order chi connectivity index (χ1) is 13.6. The van der Waals surface area contributed by atoms with Crippen LogP contribution in [-0.2, 0) is 27.3 Å². The summed E-state index contributed by atoms with van der Waals surface area (Å²) >= 11 is 0. The fraction of sp³-hybridized carbons (Fsp3) is 0.211. The molecule has 2 rings (SSSR count). The minimum atomic E-state index is -4.71. The second-order valence-corrected chi connectivity index (χ2v) is 5.76. The molecule has 0 aliphatic heterocycles. The number of carboxylic acid groups (broad SMARTS) is 1. The molecule has 0 radical (unpaired) electrons. The first-order valence-corrected chi connectivity index (χ1v) is 8.15. The third-order valence-corrected chi connectivity index (χ3v) is 3.80. The molecular formula is C19H17F3N2O5. The number of phenolic OH excluding ortho intramolecular Hbond substituents is 1. The number of aromatic hydroxyl groups is 1. The van der Waals surface area contributed by atoms with Gasteiger partial charge in [0.15, 0.2) is 5.71 Å². The van der Waals surface area contributed by atoms with Crippen LogP contribution < -0.4 is 0 Å². The van der Waals surface area contributed by atoms with E-state index < -0.39 is 23.5 Å². The van der Waals surface area contributed by atoms with Crippen LogP contribution in [0, 0.1) is 0 Å². The molecule has 0 heterocycles. The molecule has 2 aromatic carbocycles. The molecule has 154 valence electrons. The third kappa shape index (κ3) is 5.47. The van der Waals surface area contributed by atoms with Gasteiger partial charge in [0, 0.05) is 11.1 Å². The van der Waals surface area contributed by atoms with Crippen LogP contribution in [0.15, 0.2) is 52.8 Å². The number of carbonyl (C=O) groups is 1. The Bertz CT molecular complexity index is 955. The van der Waals surface area contributed by atoms with Gasteiger partial charge in [0.2, 0.25) is 0 Å². The number of aliphatic carboxylic acids is 1. The summed E-state index contributed by atoms with van der Waals surface area (Å²) in [6.07, 6.45) is -4.71. The van der Waals surface area contributed by atoms with Gasteiger partial charge in [0.25, 0.3) is 0 Å². The SMILES string of the molecule is CO/N=C(/C(=O)O)c1ccccc1CO/N=C(/C)c1ccc(O)c(C(F)(F)F)c1. The van der Waals surface area contributed by atoms with Crippen molar-refractivity contribution in [2.24, 2.45) is 10.3 Å². The van der Waals surface area contributed by atoms with Crippen molar-refractivity contribution in [2.75, 3.05) is 7.11 Å². The molecule has 0 fully saturated rings. The molecule has 0 amide bonds. The number of carboxylic acids is 1. The van der Waals surface area contributed by atoms with Gasteiger partial charge in [-0.25, -0.2) is 4.79 Å².